The fourth-order valence-electron chi connectivity index (χ4n) is 2.61. The van der Waals surface area contributed by atoms with Crippen molar-refractivity contribution in [3.05, 3.63) is 74.8 Å². The zero-order chi connectivity index (χ0) is 18.2. The van der Waals surface area contributed by atoms with Gasteiger partial charge in [-0.1, -0.05) is 41.9 Å². The number of benzene rings is 2. The van der Waals surface area contributed by atoms with Crippen LogP contribution >= 0.6 is 11.6 Å². The van der Waals surface area contributed by atoms with Gasteiger partial charge in [-0.2, -0.15) is 0 Å². The molecule has 0 bridgehead atoms. The Labute approximate surface area is 150 Å². The summed E-state index contributed by atoms with van der Waals surface area (Å²) in [5, 5.41) is 23.0. The van der Waals surface area contributed by atoms with Crippen LogP contribution in [0.1, 0.15) is 34.7 Å². The summed E-state index contributed by atoms with van der Waals surface area (Å²) in [6, 6.07) is 13.5. The van der Waals surface area contributed by atoms with Crippen LogP contribution in [-0.2, 0) is 0 Å². The number of rotatable bonds is 8. The number of aliphatic hydroxyl groups is 1. The van der Waals surface area contributed by atoms with E-state index < -0.39 is 10.8 Å². The Morgan fingerprint density at radius 1 is 1.20 bits per heavy atom. The van der Waals surface area contributed by atoms with E-state index >= 15 is 0 Å². The molecule has 0 saturated heterocycles. The summed E-state index contributed by atoms with van der Waals surface area (Å²) in [5.41, 5.74) is 0.991. The van der Waals surface area contributed by atoms with E-state index in [0.29, 0.717) is 19.4 Å². The maximum atomic E-state index is 12.2. The molecule has 25 heavy (non-hydrogen) atoms. The number of nitro groups is 1. The van der Waals surface area contributed by atoms with Crippen LogP contribution in [-0.4, -0.2) is 29.1 Å². The van der Waals surface area contributed by atoms with Crippen LogP contribution in [0.3, 0.4) is 0 Å². The van der Waals surface area contributed by atoms with Gasteiger partial charge in [-0.15, -0.1) is 0 Å². The van der Waals surface area contributed by atoms with E-state index in [2.05, 4.69) is 5.32 Å². The lowest BCUT2D eigenvalue weighted by molar-refractivity contribution is -0.384. The summed E-state index contributed by atoms with van der Waals surface area (Å²) < 4.78 is 0. The van der Waals surface area contributed by atoms with E-state index in [1.165, 1.54) is 18.2 Å². The molecule has 0 aliphatic carbocycles. The SMILES string of the molecule is O=C(NCCC(CCO)c1ccccc1)c1cc([N+](=O)[O-])ccc1Cl. The molecule has 0 heterocycles. The maximum Gasteiger partial charge on any atom is 0.270 e. The molecule has 2 N–H and O–H groups in total. The summed E-state index contributed by atoms with van der Waals surface area (Å²) in [5.74, 6) is -0.336. The number of aliphatic hydroxyl groups excluding tert-OH is 1. The predicted molar refractivity (Wildman–Crippen MR) is 95.9 cm³/mol. The normalized spacial score (nSPS) is 11.8. The molecular formula is C18H19ClN2O4. The van der Waals surface area contributed by atoms with Crippen molar-refractivity contribution in [2.45, 2.75) is 18.8 Å². The number of carbonyl (C=O) groups excluding carboxylic acids is 1. The molecule has 2 aromatic rings. The van der Waals surface area contributed by atoms with Gasteiger partial charge in [0.25, 0.3) is 11.6 Å². The number of nitro benzene ring substituents is 1. The number of halogens is 1. The molecule has 0 aromatic heterocycles. The third kappa shape index (κ3) is 5.27. The monoisotopic (exact) mass is 362 g/mol. The van der Waals surface area contributed by atoms with Gasteiger partial charge >= 0.3 is 0 Å². The number of hydrogen-bond donors (Lipinski definition) is 2. The molecular weight excluding hydrogens is 344 g/mol. The first-order chi connectivity index (χ1) is 12.0. The highest BCUT2D eigenvalue weighted by Crippen LogP contribution is 2.24. The van der Waals surface area contributed by atoms with E-state index in [-0.39, 0.29) is 28.8 Å². The summed E-state index contributed by atoms with van der Waals surface area (Å²) in [6.07, 6.45) is 1.24. The standard InChI is InChI=1S/C18H19ClN2O4/c19-17-7-6-15(21(24)25)12-16(17)18(23)20-10-8-14(9-11-22)13-4-2-1-3-5-13/h1-7,12,14,22H,8-11H2,(H,20,23). The lowest BCUT2D eigenvalue weighted by Gasteiger charge is -2.16. The summed E-state index contributed by atoms with van der Waals surface area (Å²) in [6.45, 7) is 0.432. The molecule has 6 nitrogen and oxygen atoms in total. The molecule has 0 aliphatic rings. The van der Waals surface area contributed by atoms with Crippen molar-refractivity contribution >= 4 is 23.2 Å². The Morgan fingerprint density at radius 2 is 1.92 bits per heavy atom. The molecule has 0 spiro atoms. The first-order valence-electron chi connectivity index (χ1n) is 7.91. The van der Waals surface area contributed by atoms with E-state index in [4.69, 9.17) is 11.6 Å². The van der Waals surface area contributed by atoms with E-state index in [9.17, 15) is 20.0 Å². The second kappa shape index (κ2) is 9.15. The van der Waals surface area contributed by atoms with Crippen molar-refractivity contribution in [1.82, 2.24) is 5.32 Å². The minimum absolute atomic E-state index is 0.0597. The maximum absolute atomic E-state index is 12.2. The zero-order valence-corrected chi connectivity index (χ0v) is 14.3. The molecule has 0 radical (unpaired) electrons. The van der Waals surface area contributed by atoms with Gasteiger partial charge in [0.05, 0.1) is 15.5 Å². The lowest BCUT2D eigenvalue weighted by Crippen LogP contribution is -2.26. The first kappa shape index (κ1) is 18.9. The van der Waals surface area contributed by atoms with Gasteiger partial charge in [-0.3, -0.25) is 14.9 Å². The topological polar surface area (TPSA) is 92.5 Å². The van der Waals surface area contributed by atoms with Gasteiger partial charge in [0.2, 0.25) is 0 Å². The minimum atomic E-state index is -0.570. The molecule has 0 aliphatic heterocycles. The number of nitrogens with one attached hydrogen (secondary N) is 1. The molecule has 132 valence electrons. The lowest BCUT2D eigenvalue weighted by atomic mass is 9.93. The Morgan fingerprint density at radius 3 is 2.56 bits per heavy atom. The van der Waals surface area contributed by atoms with Crippen molar-refractivity contribution in [3.63, 3.8) is 0 Å². The van der Waals surface area contributed by atoms with Crippen molar-refractivity contribution in [3.8, 4) is 0 Å². The Hall–Kier alpha value is -2.44. The highest BCUT2D eigenvalue weighted by Gasteiger charge is 2.16. The fraction of sp³-hybridized carbons (Fsp3) is 0.278. The van der Waals surface area contributed by atoms with Crippen LogP contribution in [0.2, 0.25) is 5.02 Å². The van der Waals surface area contributed by atoms with Crippen LogP contribution in [0, 0.1) is 10.1 Å². The second-order valence-corrected chi connectivity index (χ2v) is 5.99. The zero-order valence-electron chi connectivity index (χ0n) is 13.5. The van der Waals surface area contributed by atoms with Crippen LogP contribution in [0.15, 0.2) is 48.5 Å². The average molecular weight is 363 g/mol. The van der Waals surface area contributed by atoms with Gasteiger partial charge in [-0.05, 0) is 30.4 Å². The molecule has 7 heteroatoms. The third-order valence-electron chi connectivity index (χ3n) is 3.93. The summed E-state index contributed by atoms with van der Waals surface area (Å²) in [7, 11) is 0. The molecule has 0 saturated carbocycles. The predicted octanol–water partition coefficient (Wildman–Crippen LogP) is 3.53. The molecule has 2 aromatic carbocycles. The van der Waals surface area contributed by atoms with Gasteiger partial charge in [0.15, 0.2) is 0 Å². The summed E-state index contributed by atoms with van der Waals surface area (Å²) >= 11 is 5.97. The van der Waals surface area contributed by atoms with Gasteiger partial charge < -0.3 is 10.4 Å². The number of non-ortho nitro benzene ring substituents is 1. The number of hydrogen-bond acceptors (Lipinski definition) is 4. The van der Waals surface area contributed by atoms with Gasteiger partial charge in [0, 0.05) is 25.3 Å². The largest absolute Gasteiger partial charge is 0.396 e. The summed E-state index contributed by atoms with van der Waals surface area (Å²) in [4.78, 5) is 22.5. The Bertz CT molecular complexity index is 737. The van der Waals surface area contributed by atoms with E-state index in [1.54, 1.807) is 0 Å². The molecule has 0 fully saturated rings. The molecule has 1 unspecified atom stereocenters. The van der Waals surface area contributed by atoms with Crippen LogP contribution < -0.4 is 5.32 Å². The smallest absolute Gasteiger partial charge is 0.270 e. The Balaban J connectivity index is 1.99. The minimum Gasteiger partial charge on any atom is -0.396 e. The quantitative estimate of drug-likeness (QED) is 0.555. The van der Waals surface area contributed by atoms with Crippen LogP contribution in [0.4, 0.5) is 5.69 Å². The van der Waals surface area contributed by atoms with E-state index in [0.717, 1.165) is 5.56 Å². The highest BCUT2D eigenvalue weighted by molar-refractivity contribution is 6.33. The fourth-order valence-corrected chi connectivity index (χ4v) is 2.82. The average Bonchev–Trinajstić information content (AvgIpc) is 2.61. The van der Waals surface area contributed by atoms with E-state index in [1.807, 2.05) is 30.3 Å². The number of amides is 1. The molecule has 1 atom stereocenters. The number of nitrogens with zero attached hydrogens (tertiary/aromatic N) is 1. The Kier molecular flexibility index (Phi) is 6.91. The molecule has 1 amide bonds. The molecule has 2 rings (SSSR count). The van der Waals surface area contributed by atoms with Gasteiger partial charge in [0.1, 0.15) is 0 Å². The van der Waals surface area contributed by atoms with Crippen LogP contribution in [0.25, 0.3) is 0 Å². The number of carbonyl (C=O) groups is 1. The van der Waals surface area contributed by atoms with Crippen molar-refractivity contribution in [2.75, 3.05) is 13.2 Å². The highest BCUT2D eigenvalue weighted by atomic mass is 35.5. The second-order valence-electron chi connectivity index (χ2n) is 5.59. The third-order valence-corrected chi connectivity index (χ3v) is 4.26. The van der Waals surface area contributed by atoms with Gasteiger partial charge in [-0.25, -0.2) is 0 Å². The van der Waals surface area contributed by atoms with Crippen molar-refractivity contribution in [2.24, 2.45) is 0 Å². The van der Waals surface area contributed by atoms with Crippen LogP contribution in [0.5, 0.6) is 0 Å². The first-order valence-corrected chi connectivity index (χ1v) is 8.28. The van der Waals surface area contributed by atoms with Crippen molar-refractivity contribution < 1.29 is 14.8 Å². The van der Waals surface area contributed by atoms with Crippen molar-refractivity contribution in [1.29, 1.82) is 0 Å².